The SMILES string of the molecule is Cc1ccc(-n2c3c/c(=N\C4CCOCC4)c(Nc4cncc(C)c4)cc-3nc3ccccc32)cc1. The zero-order valence-corrected chi connectivity index (χ0v) is 20.6. The zero-order valence-electron chi connectivity index (χ0n) is 20.6. The maximum Gasteiger partial charge on any atom is 0.0900 e. The highest BCUT2D eigenvalue weighted by molar-refractivity contribution is 5.84. The topological polar surface area (TPSA) is 64.3 Å². The van der Waals surface area contributed by atoms with Gasteiger partial charge in [0.25, 0.3) is 0 Å². The molecule has 1 aromatic heterocycles. The highest BCUT2D eigenvalue weighted by atomic mass is 16.5. The number of hydrogen-bond donors (Lipinski definition) is 1. The van der Waals surface area contributed by atoms with Crippen LogP contribution in [0.2, 0.25) is 0 Å². The monoisotopic (exact) mass is 475 g/mol. The molecular formula is C30H29N5O. The molecule has 0 unspecified atom stereocenters. The number of ether oxygens (including phenoxy) is 1. The minimum atomic E-state index is 0.230. The number of aryl methyl sites for hydroxylation is 2. The molecule has 3 heterocycles. The average molecular weight is 476 g/mol. The van der Waals surface area contributed by atoms with E-state index in [4.69, 9.17) is 14.7 Å². The van der Waals surface area contributed by atoms with Gasteiger partial charge in [0.1, 0.15) is 0 Å². The summed E-state index contributed by atoms with van der Waals surface area (Å²) in [5.41, 5.74) is 9.24. The second kappa shape index (κ2) is 9.55. The number of aromatic nitrogens is 3. The van der Waals surface area contributed by atoms with E-state index < -0.39 is 0 Å². The Hall–Kier alpha value is -4.03. The van der Waals surface area contributed by atoms with Crippen LogP contribution in [-0.4, -0.2) is 33.8 Å². The van der Waals surface area contributed by atoms with Crippen LogP contribution in [0.4, 0.5) is 11.4 Å². The Balaban J connectivity index is 1.62. The Morgan fingerprint density at radius 1 is 0.917 bits per heavy atom. The van der Waals surface area contributed by atoms with Gasteiger partial charge < -0.3 is 14.6 Å². The molecule has 2 aromatic carbocycles. The summed E-state index contributed by atoms with van der Waals surface area (Å²) in [6, 6.07) is 23.5. The normalized spacial score (nSPS) is 15.0. The fraction of sp³-hybridized carbons (Fsp3) is 0.233. The van der Waals surface area contributed by atoms with Crippen molar-refractivity contribution in [1.29, 1.82) is 0 Å². The van der Waals surface area contributed by atoms with Gasteiger partial charge in [-0.05, 0) is 74.7 Å². The van der Waals surface area contributed by atoms with E-state index >= 15 is 0 Å². The van der Waals surface area contributed by atoms with E-state index in [0.717, 1.165) is 76.5 Å². The molecule has 180 valence electrons. The maximum absolute atomic E-state index is 5.58. The molecule has 0 amide bonds. The van der Waals surface area contributed by atoms with Crippen molar-refractivity contribution in [3.05, 3.63) is 95.6 Å². The molecule has 2 aliphatic heterocycles. The summed E-state index contributed by atoms with van der Waals surface area (Å²) in [4.78, 5) is 14.6. The molecule has 1 saturated heterocycles. The van der Waals surface area contributed by atoms with Crippen LogP contribution in [0.15, 0.2) is 84.1 Å². The van der Waals surface area contributed by atoms with E-state index in [1.54, 1.807) is 0 Å². The van der Waals surface area contributed by atoms with Crippen LogP contribution in [0.1, 0.15) is 24.0 Å². The number of hydrogen-bond acceptors (Lipinski definition) is 5. The molecule has 1 aliphatic carbocycles. The predicted molar refractivity (Wildman–Crippen MR) is 144 cm³/mol. The van der Waals surface area contributed by atoms with E-state index in [9.17, 15) is 0 Å². The highest BCUT2D eigenvalue weighted by Crippen LogP contribution is 2.30. The molecule has 0 bridgehead atoms. The van der Waals surface area contributed by atoms with Crippen LogP contribution in [-0.2, 0) is 4.74 Å². The zero-order chi connectivity index (χ0) is 24.5. The van der Waals surface area contributed by atoms with Gasteiger partial charge in [0.05, 0.1) is 51.4 Å². The van der Waals surface area contributed by atoms with Gasteiger partial charge in [-0.3, -0.25) is 9.98 Å². The molecule has 1 N–H and O–H groups in total. The number of rotatable bonds is 4. The van der Waals surface area contributed by atoms with E-state index in [1.807, 2.05) is 25.4 Å². The summed E-state index contributed by atoms with van der Waals surface area (Å²) in [5, 5.41) is 4.50. The first-order chi connectivity index (χ1) is 17.6. The van der Waals surface area contributed by atoms with Crippen molar-refractivity contribution in [2.75, 3.05) is 18.5 Å². The van der Waals surface area contributed by atoms with Crippen LogP contribution < -0.4 is 10.7 Å². The summed E-state index contributed by atoms with van der Waals surface area (Å²) in [6.07, 6.45) is 5.56. The lowest BCUT2D eigenvalue weighted by Gasteiger charge is -2.22. The number of para-hydroxylation sites is 2. The minimum absolute atomic E-state index is 0.230. The quantitative estimate of drug-likeness (QED) is 0.326. The summed E-state index contributed by atoms with van der Waals surface area (Å²) < 4.78 is 7.87. The highest BCUT2D eigenvalue weighted by Gasteiger charge is 2.18. The number of benzene rings is 3. The minimum Gasteiger partial charge on any atom is -0.381 e. The van der Waals surface area contributed by atoms with Crippen molar-refractivity contribution in [3.63, 3.8) is 0 Å². The molecule has 6 heteroatoms. The first-order valence-electron chi connectivity index (χ1n) is 12.5. The lowest BCUT2D eigenvalue weighted by Crippen LogP contribution is -2.23. The van der Waals surface area contributed by atoms with Gasteiger partial charge in [0.15, 0.2) is 0 Å². The summed E-state index contributed by atoms with van der Waals surface area (Å²) in [7, 11) is 0. The molecule has 3 aliphatic rings. The standard InChI is InChI=1S/C30H29N5O/c1-20-7-9-24(10-8-20)35-29-6-4-3-5-25(29)34-28-16-26(33-23-15-21(2)18-31-19-23)27(17-30(28)35)32-22-11-13-36-14-12-22/h3-10,15-19,22,33H,11-14H2,1-2H3/b32-27+. The van der Waals surface area contributed by atoms with Gasteiger partial charge in [0.2, 0.25) is 0 Å². The van der Waals surface area contributed by atoms with Crippen LogP contribution >= 0.6 is 0 Å². The number of pyridine rings is 1. The van der Waals surface area contributed by atoms with Gasteiger partial charge in [0, 0.05) is 25.1 Å². The number of anilines is 2. The Morgan fingerprint density at radius 2 is 1.72 bits per heavy atom. The van der Waals surface area contributed by atoms with Gasteiger partial charge in [-0.15, -0.1) is 0 Å². The molecule has 36 heavy (non-hydrogen) atoms. The van der Waals surface area contributed by atoms with Crippen molar-refractivity contribution < 1.29 is 4.74 Å². The van der Waals surface area contributed by atoms with Crippen LogP contribution in [0.25, 0.3) is 28.1 Å². The van der Waals surface area contributed by atoms with Gasteiger partial charge in [-0.2, -0.15) is 0 Å². The van der Waals surface area contributed by atoms with Crippen molar-refractivity contribution in [2.24, 2.45) is 4.99 Å². The third-order valence-electron chi connectivity index (χ3n) is 6.66. The lowest BCUT2D eigenvalue weighted by atomic mass is 10.1. The molecule has 0 spiro atoms. The second-order valence-electron chi connectivity index (χ2n) is 9.48. The van der Waals surface area contributed by atoms with E-state index in [1.165, 1.54) is 5.56 Å². The molecule has 0 saturated carbocycles. The number of nitrogens with one attached hydrogen (secondary N) is 1. The average Bonchev–Trinajstić information content (AvgIpc) is 2.89. The van der Waals surface area contributed by atoms with Crippen LogP contribution in [0, 0.1) is 13.8 Å². The third-order valence-corrected chi connectivity index (χ3v) is 6.66. The molecule has 6 rings (SSSR count). The van der Waals surface area contributed by atoms with E-state index in [2.05, 4.69) is 82.5 Å². The smallest absolute Gasteiger partial charge is 0.0900 e. The predicted octanol–water partition coefficient (Wildman–Crippen LogP) is 5.97. The second-order valence-corrected chi connectivity index (χ2v) is 9.48. The molecule has 0 radical (unpaired) electrons. The number of nitrogens with zero attached hydrogens (tertiary/aromatic N) is 4. The number of fused-ring (bicyclic) bond motifs is 2. The first kappa shape index (κ1) is 22.4. The Kier molecular flexibility index (Phi) is 5.95. The Morgan fingerprint density at radius 3 is 2.53 bits per heavy atom. The van der Waals surface area contributed by atoms with Crippen molar-refractivity contribution in [1.82, 2.24) is 14.5 Å². The van der Waals surface area contributed by atoms with Crippen LogP contribution in [0.5, 0.6) is 0 Å². The molecular weight excluding hydrogens is 446 g/mol. The summed E-state index contributed by atoms with van der Waals surface area (Å²) >= 11 is 0. The van der Waals surface area contributed by atoms with Crippen LogP contribution in [0.3, 0.4) is 0 Å². The molecule has 6 nitrogen and oxygen atoms in total. The molecule has 3 aromatic rings. The van der Waals surface area contributed by atoms with Gasteiger partial charge in [-0.1, -0.05) is 29.8 Å². The summed E-state index contributed by atoms with van der Waals surface area (Å²) in [6.45, 7) is 5.66. The van der Waals surface area contributed by atoms with Gasteiger partial charge in [-0.25, -0.2) is 4.98 Å². The fourth-order valence-electron chi connectivity index (χ4n) is 4.81. The van der Waals surface area contributed by atoms with E-state index in [-0.39, 0.29) is 6.04 Å². The lowest BCUT2D eigenvalue weighted by molar-refractivity contribution is 0.0864. The van der Waals surface area contributed by atoms with Crippen molar-refractivity contribution in [3.8, 4) is 17.1 Å². The Labute approximate surface area is 210 Å². The fourth-order valence-corrected chi connectivity index (χ4v) is 4.81. The molecule has 1 fully saturated rings. The largest absolute Gasteiger partial charge is 0.381 e. The van der Waals surface area contributed by atoms with Crippen molar-refractivity contribution >= 4 is 22.4 Å². The summed E-state index contributed by atoms with van der Waals surface area (Å²) in [5.74, 6) is 0. The maximum atomic E-state index is 5.58. The van der Waals surface area contributed by atoms with Crippen molar-refractivity contribution in [2.45, 2.75) is 32.7 Å². The van der Waals surface area contributed by atoms with E-state index in [0.29, 0.717) is 0 Å². The third kappa shape index (κ3) is 4.48. The first-order valence-corrected chi connectivity index (χ1v) is 12.5. The van der Waals surface area contributed by atoms with Gasteiger partial charge >= 0.3 is 0 Å². The molecule has 0 atom stereocenters. The Bertz CT molecular complexity index is 1570.